The van der Waals surface area contributed by atoms with Crippen LogP contribution in [0, 0.1) is 11.3 Å². The average molecular weight is 235 g/mol. The zero-order chi connectivity index (χ0) is 12.0. The van der Waals surface area contributed by atoms with Gasteiger partial charge in [0, 0.05) is 29.6 Å². The molecule has 1 aromatic rings. The molecular formula is C12H17N3S. The smallest absolute Gasteiger partial charge is 0.144 e. The summed E-state index contributed by atoms with van der Waals surface area (Å²) in [4.78, 5) is 4.03. The molecule has 0 aromatic carbocycles. The molecule has 1 rings (SSSR count). The van der Waals surface area contributed by atoms with Gasteiger partial charge in [0.25, 0.3) is 0 Å². The van der Waals surface area contributed by atoms with Crippen LogP contribution in [0.25, 0.3) is 0 Å². The van der Waals surface area contributed by atoms with E-state index in [2.05, 4.69) is 36.5 Å². The maximum Gasteiger partial charge on any atom is 0.144 e. The molecule has 0 saturated heterocycles. The van der Waals surface area contributed by atoms with E-state index in [0.717, 1.165) is 12.1 Å². The van der Waals surface area contributed by atoms with E-state index in [4.69, 9.17) is 5.26 Å². The molecule has 0 bridgehead atoms. The molecule has 0 atom stereocenters. The fraction of sp³-hybridized carbons (Fsp3) is 0.500. The number of hydrogen-bond donors (Lipinski definition) is 1. The van der Waals surface area contributed by atoms with Crippen molar-refractivity contribution in [3.63, 3.8) is 0 Å². The first-order chi connectivity index (χ1) is 7.59. The van der Waals surface area contributed by atoms with Gasteiger partial charge >= 0.3 is 0 Å². The summed E-state index contributed by atoms with van der Waals surface area (Å²) >= 11 is 1.83. The Labute approximate surface area is 101 Å². The van der Waals surface area contributed by atoms with Crippen LogP contribution in [-0.2, 0) is 6.54 Å². The van der Waals surface area contributed by atoms with Gasteiger partial charge in [-0.3, -0.25) is 0 Å². The standard InChI is InChI=1S/C12H17N3S/c1-12(2,16-3)9-14-8-10-5-4-6-15-11(10)7-13/h4-6,14H,8-9H2,1-3H3. The Balaban J connectivity index is 2.53. The molecule has 0 amide bonds. The fourth-order valence-electron chi connectivity index (χ4n) is 1.25. The topological polar surface area (TPSA) is 48.7 Å². The van der Waals surface area contributed by atoms with Gasteiger partial charge in [-0.1, -0.05) is 6.07 Å². The number of rotatable bonds is 5. The van der Waals surface area contributed by atoms with Crippen LogP contribution in [0.1, 0.15) is 25.1 Å². The SMILES string of the molecule is CSC(C)(C)CNCc1cccnc1C#N. The van der Waals surface area contributed by atoms with E-state index in [1.807, 2.05) is 23.9 Å². The number of hydrogen-bond acceptors (Lipinski definition) is 4. The summed E-state index contributed by atoms with van der Waals surface area (Å²) in [6, 6.07) is 5.89. The Hall–Kier alpha value is -1.05. The van der Waals surface area contributed by atoms with Gasteiger partial charge in [-0.05, 0) is 26.2 Å². The number of thioether (sulfide) groups is 1. The molecule has 0 aliphatic carbocycles. The molecule has 1 aromatic heterocycles. The summed E-state index contributed by atoms with van der Waals surface area (Å²) in [6.45, 7) is 5.99. The predicted octanol–water partition coefficient (Wildman–Crippen LogP) is 2.18. The zero-order valence-corrected chi connectivity index (χ0v) is 10.8. The van der Waals surface area contributed by atoms with Crippen molar-refractivity contribution in [1.29, 1.82) is 5.26 Å². The molecule has 0 saturated carbocycles. The average Bonchev–Trinajstić information content (AvgIpc) is 2.29. The lowest BCUT2D eigenvalue weighted by Crippen LogP contribution is -2.31. The summed E-state index contributed by atoms with van der Waals surface area (Å²) in [5, 5.41) is 12.2. The van der Waals surface area contributed by atoms with Crippen molar-refractivity contribution >= 4 is 11.8 Å². The quantitative estimate of drug-likeness (QED) is 0.850. The number of nitrogens with one attached hydrogen (secondary N) is 1. The Morgan fingerprint density at radius 3 is 2.94 bits per heavy atom. The van der Waals surface area contributed by atoms with Gasteiger partial charge in [-0.25, -0.2) is 4.98 Å². The van der Waals surface area contributed by atoms with E-state index in [-0.39, 0.29) is 4.75 Å². The minimum Gasteiger partial charge on any atom is -0.311 e. The number of nitriles is 1. The van der Waals surface area contributed by atoms with Gasteiger partial charge in [0.2, 0.25) is 0 Å². The maximum atomic E-state index is 8.88. The lowest BCUT2D eigenvalue weighted by atomic mass is 10.1. The Bertz CT molecular complexity index is 382. The molecule has 0 spiro atoms. The van der Waals surface area contributed by atoms with Gasteiger partial charge in [-0.2, -0.15) is 17.0 Å². The lowest BCUT2D eigenvalue weighted by molar-refractivity contribution is 0.590. The van der Waals surface area contributed by atoms with E-state index >= 15 is 0 Å². The second kappa shape index (κ2) is 5.88. The van der Waals surface area contributed by atoms with Gasteiger partial charge in [0.15, 0.2) is 0 Å². The highest BCUT2D eigenvalue weighted by Gasteiger charge is 2.15. The van der Waals surface area contributed by atoms with E-state index < -0.39 is 0 Å². The molecule has 3 nitrogen and oxygen atoms in total. The molecule has 0 radical (unpaired) electrons. The first-order valence-electron chi connectivity index (χ1n) is 5.19. The maximum absolute atomic E-state index is 8.88. The lowest BCUT2D eigenvalue weighted by Gasteiger charge is -2.22. The molecule has 1 heterocycles. The highest BCUT2D eigenvalue weighted by Crippen LogP contribution is 2.19. The van der Waals surface area contributed by atoms with Crippen LogP contribution < -0.4 is 5.32 Å². The monoisotopic (exact) mass is 235 g/mol. The first-order valence-corrected chi connectivity index (χ1v) is 6.41. The minimum atomic E-state index is 0.217. The number of nitrogens with zero attached hydrogens (tertiary/aromatic N) is 2. The van der Waals surface area contributed by atoms with E-state index in [1.54, 1.807) is 6.20 Å². The van der Waals surface area contributed by atoms with Crippen LogP contribution in [0.15, 0.2) is 18.3 Å². The van der Waals surface area contributed by atoms with Crippen LogP contribution in [0.5, 0.6) is 0 Å². The van der Waals surface area contributed by atoms with Crippen molar-refractivity contribution in [2.45, 2.75) is 25.1 Å². The molecule has 0 unspecified atom stereocenters. The Kier molecular flexibility index (Phi) is 4.78. The van der Waals surface area contributed by atoms with Crippen LogP contribution in [-0.4, -0.2) is 22.5 Å². The molecule has 0 fully saturated rings. The second-order valence-corrected chi connectivity index (χ2v) is 5.70. The third-order valence-corrected chi connectivity index (χ3v) is 3.67. The van der Waals surface area contributed by atoms with Gasteiger partial charge in [0.05, 0.1) is 0 Å². The van der Waals surface area contributed by atoms with E-state index in [1.165, 1.54) is 0 Å². The zero-order valence-electron chi connectivity index (χ0n) is 9.95. The van der Waals surface area contributed by atoms with Crippen molar-refractivity contribution in [3.05, 3.63) is 29.6 Å². The summed E-state index contributed by atoms with van der Waals surface area (Å²) in [6.07, 6.45) is 3.75. The highest BCUT2D eigenvalue weighted by atomic mass is 32.2. The molecule has 4 heteroatoms. The van der Waals surface area contributed by atoms with Crippen molar-refractivity contribution in [2.24, 2.45) is 0 Å². The molecule has 1 N–H and O–H groups in total. The number of aromatic nitrogens is 1. The third-order valence-electron chi connectivity index (χ3n) is 2.42. The second-order valence-electron chi connectivity index (χ2n) is 4.19. The molecular weight excluding hydrogens is 218 g/mol. The largest absolute Gasteiger partial charge is 0.311 e. The number of pyridine rings is 1. The van der Waals surface area contributed by atoms with Gasteiger partial charge < -0.3 is 5.32 Å². The van der Waals surface area contributed by atoms with E-state index in [9.17, 15) is 0 Å². The molecule has 16 heavy (non-hydrogen) atoms. The van der Waals surface area contributed by atoms with Crippen molar-refractivity contribution in [2.75, 3.05) is 12.8 Å². The first kappa shape index (κ1) is 13.0. The Morgan fingerprint density at radius 1 is 1.56 bits per heavy atom. The Morgan fingerprint density at radius 2 is 2.31 bits per heavy atom. The normalized spacial score (nSPS) is 11.1. The van der Waals surface area contributed by atoms with Crippen LogP contribution >= 0.6 is 11.8 Å². The minimum absolute atomic E-state index is 0.217. The highest BCUT2D eigenvalue weighted by molar-refractivity contribution is 7.99. The van der Waals surface area contributed by atoms with Crippen LogP contribution in [0.4, 0.5) is 0 Å². The van der Waals surface area contributed by atoms with Crippen molar-refractivity contribution in [3.8, 4) is 6.07 Å². The molecule has 0 aliphatic heterocycles. The fourth-order valence-corrected chi connectivity index (χ4v) is 1.50. The van der Waals surface area contributed by atoms with Crippen molar-refractivity contribution < 1.29 is 0 Å². The summed E-state index contributed by atoms with van der Waals surface area (Å²) in [5.74, 6) is 0. The van der Waals surface area contributed by atoms with Crippen LogP contribution in [0.3, 0.4) is 0 Å². The van der Waals surface area contributed by atoms with Crippen molar-refractivity contribution in [1.82, 2.24) is 10.3 Å². The molecule has 86 valence electrons. The van der Waals surface area contributed by atoms with Crippen LogP contribution in [0.2, 0.25) is 0 Å². The third kappa shape index (κ3) is 3.84. The summed E-state index contributed by atoms with van der Waals surface area (Å²) in [7, 11) is 0. The summed E-state index contributed by atoms with van der Waals surface area (Å²) < 4.78 is 0.217. The summed E-state index contributed by atoms with van der Waals surface area (Å²) in [5.41, 5.74) is 1.47. The van der Waals surface area contributed by atoms with Gasteiger partial charge in [0.1, 0.15) is 11.8 Å². The molecule has 0 aliphatic rings. The van der Waals surface area contributed by atoms with E-state index in [0.29, 0.717) is 12.2 Å². The van der Waals surface area contributed by atoms with Gasteiger partial charge in [-0.15, -0.1) is 0 Å². The predicted molar refractivity (Wildman–Crippen MR) is 68.3 cm³/mol.